The molecule has 0 aliphatic heterocycles. The van der Waals surface area contributed by atoms with Gasteiger partial charge in [-0.05, 0) is 49.0 Å². The van der Waals surface area contributed by atoms with Crippen LogP contribution in [0.25, 0.3) is 0 Å². The Balaban J connectivity index is 2.51. The Morgan fingerprint density at radius 2 is 1.85 bits per heavy atom. The van der Waals surface area contributed by atoms with Crippen LogP contribution in [-0.4, -0.2) is 6.54 Å². The molecule has 1 heteroatoms. The summed E-state index contributed by atoms with van der Waals surface area (Å²) in [5.41, 5.74) is 6.24. The van der Waals surface area contributed by atoms with E-state index in [1.807, 2.05) is 0 Å². The highest BCUT2D eigenvalue weighted by molar-refractivity contribution is 4.84. The number of hydrogen-bond donors (Lipinski definition) is 1. The highest BCUT2D eigenvalue weighted by Crippen LogP contribution is 2.42. The van der Waals surface area contributed by atoms with Crippen molar-refractivity contribution in [3.63, 3.8) is 0 Å². The summed E-state index contributed by atoms with van der Waals surface area (Å²) in [7, 11) is 0. The molecule has 0 heterocycles. The fourth-order valence-electron chi connectivity index (χ4n) is 2.60. The SMILES string of the molecule is CC1CC(C(C)(C)C)CCC1CN. The number of nitrogens with two attached hydrogens (primary N) is 1. The van der Waals surface area contributed by atoms with Crippen molar-refractivity contribution in [1.29, 1.82) is 0 Å². The molecule has 78 valence electrons. The molecule has 3 atom stereocenters. The Hall–Kier alpha value is -0.0400. The molecule has 1 aliphatic rings. The molecule has 0 aromatic rings. The third kappa shape index (κ3) is 2.70. The standard InChI is InChI=1S/C12H25N/c1-9-7-11(12(2,3)4)6-5-10(9)8-13/h9-11H,5-8,13H2,1-4H3. The quantitative estimate of drug-likeness (QED) is 0.664. The van der Waals surface area contributed by atoms with Crippen LogP contribution in [0.3, 0.4) is 0 Å². The monoisotopic (exact) mass is 183 g/mol. The van der Waals surface area contributed by atoms with E-state index in [4.69, 9.17) is 5.73 Å². The second-order valence-corrected chi connectivity index (χ2v) is 5.85. The molecule has 0 bridgehead atoms. The van der Waals surface area contributed by atoms with E-state index < -0.39 is 0 Å². The Morgan fingerprint density at radius 1 is 1.23 bits per heavy atom. The van der Waals surface area contributed by atoms with Gasteiger partial charge in [0.2, 0.25) is 0 Å². The predicted octanol–water partition coefficient (Wildman–Crippen LogP) is 3.04. The fourth-order valence-corrected chi connectivity index (χ4v) is 2.60. The maximum atomic E-state index is 5.75. The number of rotatable bonds is 1. The molecule has 0 saturated heterocycles. The van der Waals surface area contributed by atoms with Gasteiger partial charge in [-0.15, -0.1) is 0 Å². The van der Waals surface area contributed by atoms with Crippen LogP contribution in [0, 0.1) is 23.2 Å². The van der Waals surface area contributed by atoms with Crippen molar-refractivity contribution in [2.75, 3.05) is 6.54 Å². The molecule has 1 saturated carbocycles. The van der Waals surface area contributed by atoms with Gasteiger partial charge < -0.3 is 5.73 Å². The lowest BCUT2D eigenvalue weighted by Crippen LogP contribution is -2.33. The van der Waals surface area contributed by atoms with Crippen molar-refractivity contribution < 1.29 is 0 Å². The molecule has 3 unspecified atom stereocenters. The average molecular weight is 183 g/mol. The first-order valence-electron chi connectivity index (χ1n) is 5.65. The van der Waals surface area contributed by atoms with Crippen molar-refractivity contribution >= 4 is 0 Å². The highest BCUT2D eigenvalue weighted by atomic mass is 14.6. The van der Waals surface area contributed by atoms with Crippen molar-refractivity contribution in [2.45, 2.75) is 47.0 Å². The van der Waals surface area contributed by atoms with E-state index in [1.54, 1.807) is 0 Å². The zero-order valence-electron chi connectivity index (χ0n) is 9.64. The molecule has 1 fully saturated rings. The Kier molecular flexibility index (Phi) is 3.39. The minimum atomic E-state index is 0.494. The summed E-state index contributed by atoms with van der Waals surface area (Å²) in [5, 5.41) is 0. The van der Waals surface area contributed by atoms with Gasteiger partial charge in [-0.25, -0.2) is 0 Å². The molecular weight excluding hydrogens is 158 g/mol. The van der Waals surface area contributed by atoms with Gasteiger partial charge in [0.05, 0.1) is 0 Å². The van der Waals surface area contributed by atoms with Gasteiger partial charge in [0.1, 0.15) is 0 Å². The van der Waals surface area contributed by atoms with Gasteiger partial charge in [-0.2, -0.15) is 0 Å². The lowest BCUT2D eigenvalue weighted by molar-refractivity contribution is 0.110. The van der Waals surface area contributed by atoms with Crippen LogP contribution < -0.4 is 5.73 Å². The first kappa shape index (κ1) is 11.0. The minimum Gasteiger partial charge on any atom is -0.330 e. The second-order valence-electron chi connectivity index (χ2n) is 5.85. The third-order valence-corrected chi connectivity index (χ3v) is 3.87. The van der Waals surface area contributed by atoms with Crippen molar-refractivity contribution in [2.24, 2.45) is 28.9 Å². The first-order valence-corrected chi connectivity index (χ1v) is 5.65. The zero-order chi connectivity index (χ0) is 10.1. The summed E-state index contributed by atoms with van der Waals surface area (Å²) in [6.07, 6.45) is 4.11. The molecule has 1 rings (SSSR count). The molecule has 13 heavy (non-hydrogen) atoms. The van der Waals surface area contributed by atoms with E-state index in [-0.39, 0.29) is 0 Å². The summed E-state index contributed by atoms with van der Waals surface area (Å²) in [5.74, 6) is 2.53. The van der Waals surface area contributed by atoms with Crippen molar-refractivity contribution in [3.8, 4) is 0 Å². The van der Waals surface area contributed by atoms with Gasteiger partial charge in [0.15, 0.2) is 0 Å². The van der Waals surface area contributed by atoms with Crippen LogP contribution in [-0.2, 0) is 0 Å². The van der Waals surface area contributed by atoms with Crippen LogP contribution in [0.5, 0.6) is 0 Å². The van der Waals surface area contributed by atoms with Crippen LogP contribution in [0.2, 0.25) is 0 Å². The maximum absolute atomic E-state index is 5.75. The molecule has 1 aliphatic carbocycles. The lowest BCUT2D eigenvalue weighted by Gasteiger charge is -2.40. The van der Waals surface area contributed by atoms with E-state index in [1.165, 1.54) is 19.3 Å². The van der Waals surface area contributed by atoms with E-state index in [9.17, 15) is 0 Å². The molecule has 0 amide bonds. The topological polar surface area (TPSA) is 26.0 Å². The summed E-state index contributed by atoms with van der Waals surface area (Å²) in [6.45, 7) is 10.4. The molecular formula is C12H25N. The zero-order valence-corrected chi connectivity index (χ0v) is 9.64. The van der Waals surface area contributed by atoms with E-state index in [0.29, 0.717) is 5.41 Å². The van der Waals surface area contributed by atoms with E-state index in [2.05, 4.69) is 27.7 Å². The van der Waals surface area contributed by atoms with Gasteiger partial charge in [0.25, 0.3) is 0 Å². The molecule has 1 nitrogen and oxygen atoms in total. The molecule has 0 aromatic carbocycles. The van der Waals surface area contributed by atoms with Gasteiger partial charge in [-0.3, -0.25) is 0 Å². The van der Waals surface area contributed by atoms with Gasteiger partial charge >= 0.3 is 0 Å². The predicted molar refractivity (Wildman–Crippen MR) is 58.5 cm³/mol. The molecule has 0 spiro atoms. The van der Waals surface area contributed by atoms with Crippen LogP contribution in [0.4, 0.5) is 0 Å². The molecule has 0 aromatic heterocycles. The summed E-state index contributed by atoms with van der Waals surface area (Å²) >= 11 is 0. The Bertz CT molecular complexity index is 157. The summed E-state index contributed by atoms with van der Waals surface area (Å²) in [6, 6.07) is 0. The van der Waals surface area contributed by atoms with Crippen LogP contribution in [0.1, 0.15) is 47.0 Å². The Labute approximate surface area is 83.1 Å². The average Bonchev–Trinajstić information content (AvgIpc) is 2.02. The maximum Gasteiger partial charge on any atom is -0.00463 e. The third-order valence-electron chi connectivity index (χ3n) is 3.87. The summed E-state index contributed by atoms with van der Waals surface area (Å²) < 4.78 is 0. The molecule has 0 radical (unpaired) electrons. The lowest BCUT2D eigenvalue weighted by atomic mass is 9.66. The Morgan fingerprint density at radius 3 is 2.23 bits per heavy atom. The van der Waals surface area contributed by atoms with E-state index in [0.717, 1.165) is 24.3 Å². The van der Waals surface area contributed by atoms with Crippen molar-refractivity contribution in [3.05, 3.63) is 0 Å². The first-order chi connectivity index (χ1) is 5.95. The normalized spacial score (nSPS) is 36.2. The largest absolute Gasteiger partial charge is 0.330 e. The second kappa shape index (κ2) is 4.00. The van der Waals surface area contributed by atoms with Gasteiger partial charge in [-0.1, -0.05) is 27.7 Å². The smallest absolute Gasteiger partial charge is 0.00463 e. The summed E-state index contributed by atoms with van der Waals surface area (Å²) in [4.78, 5) is 0. The highest BCUT2D eigenvalue weighted by Gasteiger charge is 2.32. The van der Waals surface area contributed by atoms with E-state index >= 15 is 0 Å². The molecule has 2 N–H and O–H groups in total. The minimum absolute atomic E-state index is 0.494. The fraction of sp³-hybridized carbons (Fsp3) is 1.00. The van der Waals surface area contributed by atoms with Crippen molar-refractivity contribution in [1.82, 2.24) is 0 Å². The number of hydrogen-bond acceptors (Lipinski definition) is 1. The van der Waals surface area contributed by atoms with Gasteiger partial charge in [0, 0.05) is 0 Å². The van der Waals surface area contributed by atoms with Crippen LogP contribution >= 0.6 is 0 Å². The van der Waals surface area contributed by atoms with Crippen LogP contribution in [0.15, 0.2) is 0 Å².